The second-order valence-corrected chi connectivity index (χ2v) is 8.69. The molecule has 2 aromatic carbocycles. The van der Waals surface area contributed by atoms with Crippen LogP contribution in [0, 0.1) is 5.92 Å². The summed E-state index contributed by atoms with van der Waals surface area (Å²) >= 11 is 0. The molecular weight excluding hydrogens is 396 g/mol. The van der Waals surface area contributed by atoms with Gasteiger partial charge in [0.2, 0.25) is 15.9 Å². The van der Waals surface area contributed by atoms with Crippen molar-refractivity contribution in [2.75, 3.05) is 25.5 Å². The molecule has 0 unspecified atom stereocenters. The van der Waals surface area contributed by atoms with Gasteiger partial charge in [-0.15, -0.1) is 0 Å². The van der Waals surface area contributed by atoms with Crippen molar-refractivity contribution in [2.45, 2.75) is 17.7 Å². The van der Waals surface area contributed by atoms with E-state index in [9.17, 15) is 13.2 Å². The van der Waals surface area contributed by atoms with Crippen molar-refractivity contribution >= 4 is 32.7 Å². The third-order valence-corrected chi connectivity index (χ3v) is 6.96. The van der Waals surface area contributed by atoms with Crippen molar-refractivity contribution in [3.8, 4) is 5.75 Å². The van der Waals surface area contributed by atoms with Crippen LogP contribution in [0.25, 0.3) is 11.0 Å². The molecule has 1 aromatic heterocycles. The first-order valence-corrected chi connectivity index (χ1v) is 10.6. The number of aromatic nitrogens is 2. The van der Waals surface area contributed by atoms with Crippen LogP contribution in [0.3, 0.4) is 0 Å². The molecule has 3 aromatic rings. The Balaban J connectivity index is 1.43. The number of anilines is 1. The zero-order valence-electron chi connectivity index (χ0n) is 15.7. The lowest BCUT2D eigenvalue weighted by Crippen LogP contribution is -2.41. The molecule has 1 aliphatic heterocycles. The number of piperidine rings is 1. The van der Waals surface area contributed by atoms with Gasteiger partial charge in [0.15, 0.2) is 5.52 Å². The zero-order valence-corrected chi connectivity index (χ0v) is 16.6. The Kier molecular flexibility index (Phi) is 5.20. The zero-order chi connectivity index (χ0) is 20.4. The van der Waals surface area contributed by atoms with Gasteiger partial charge in [0.05, 0.1) is 7.11 Å². The van der Waals surface area contributed by atoms with Crippen LogP contribution in [0.5, 0.6) is 5.75 Å². The lowest BCUT2D eigenvalue weighted by Gasteiger charge is -2.30. The van der Waals surface area contributed by atoms with Gasteiger partial charge < -0.3 is 10.1 Å². The van der Waals surface area contributed by atoms with E-state index in [1.54, 1.807) is 43.5 Å². The van der Waals surface area contributed by atoms with Crippen LogP contribution in [0.2, 0.25) is 0 Å². The molecular formula is C19H20N4O5S. The van der Waals surface area contributed by atoms with E-state index in [0.29, 0.717) is 29.8 Å². The number of nitrogens with one attached hydrogen (secondary N) is 1. The van der Waals surface area contributed by atoms with Gasteiger partial charge in [0.1, 0.15) is 16.2 Å². The summed E-state index contributed by atoms with van der Waals surface area (Å²) in [6.07, 6.45) is 0.865. The Morgan fingerprint density at radius 2 is 1.93 bits per heavy atom. The van der Waals surface area contributed by atoms with Gasteiger partial charge in [-0.25, -0.2) is 13.0 Å². The SMILES string of the molecule is COc1cccc(NC(=O)C2CCN(S(=O)(=O)c3cccc4nonc34)CC2)c1. The fourth-order valence-electron chi connectivity index (χ4n) is 3.43. The van der Waals surface area contributed by atoms with E-state index in [0.717, 1.165) is 0 Å². The number of rotatable bonds is 5. The summed E-state index contributed by atoms with van der Waals surface area (Å²) in [6, 6.07) is 11.8. The first-order chi connectivity index (χ1) is 14.0. The smallest absolute Gasteiger partial charge is 0.245 e. The highest BCUT2D eigenvalue weighted by Crippen LogP contribution is 2.28. The van der Waals surface area contributed by atoms with Gasteiger partial charge in [-0.2, -0.15) is 4.31 Å². The van der Waals surface area contributed by atoms with Crippen molar-refractivity contribution in [3.63, 3.8) is 0 Å². The third-order valence-electron chi connectivity index (χ3n) is 5.03. The molecule has 10 heteroatoms. The summed E-state index contributed by atoms with van der Waals surface area (Å²) in [5.41, 5.74) is 1.25. The average Bonchev–Trinajstić information content (AvgIpc) is 3.22. The van der Waals surface area contributed by atoms with Gasteiger partial charge >= 0.3 is 0 Å². The standard InChI is InChI=1S/C19H20N4O5S/c1-27-15-5-2-4-14(12-15)20-19(24)13-8-10-23(11-9-13)29(25,26)17-7-3-6-16-18(17)22-28-21-16/h2-7,12-13H,8-11H2,1H3,(H,20,24). The Bertz CT molecular complexity index is 1140. The molecule has 0 atom stereocenters. The first kappa shape index (κ1) is 19.3. The number of sulfonamides is 1. The molecule has 0 bridgehead atoms. The topological polar surface area (TPSA) is 115 Å². The highest BCUT2D eigenvalue weighted by atomic mass is 32.2. The monoisotopic (exact) mass is 416 g/mol. The van der Waals surface area contributed by atoms with Crippen LogP contribution in [0.4, 0.5) is 5.69 Å². The van der Waals surface area contributed by atoms with Crippen LogP contribution in [0.15, 0.2) is 52.0 Å². The number of amides is 1. The van der Waals surface area contributed by atoms with E-state index >= 15 is 0 Å². The predicted molar refractivity (Wildman–Crippen MR) is 105 cm³/mol. The van der Waals surface area contributed by atoms with E-state index in [1.807, 2.05) is 0 Å². The Labute approximate surface area is 167 Å². The van der Waals surface area contributed by atoms with E-state index in [-0.39, 0.29) is 35.3 Å². The fraction of sp³-hybridized carbons (Fsp3) is 0.316. The van der Waals surface area contributed by atoms with Crippen molar-refractivity contribution < 1.29 is 22.6 Å². The number of nitrogens with zero attached hydrogens (tertiary/aromatic N) is 3. The highest BCUT2D eigenvalue weighted by molar-refractivity contribution is 7.89. The summed E-state index contributed by atoms with van der Waals surface area (Å²) in [5, 5.41) is 10.3. The van der Waals surface area contributed by atoms with Crippen LogP contribution in [-0.4, -0.2) is 49.1 Å². The number of fused-ring (bicyclic) bond motifs is 1. The van der Waals surface area contributed by atoms with Crippen LogP contribution in [-0.2, 0) is 14.8 Å². The third kappa shape index (κ3) is 3.81. The van der Waals surface area contributed by atoms with Crippen molar-refractivity contribution in [1.29, 1.82) is 0 Å². The number of hydrogen-bond acceptors (Lipinski definition) is 7. The Morgan fingerprint density at radius 1 is 1.17 bits per heavy atom. The highest BCUT2D eigenvalue weighted by Gasteiger charge is 2.33. The molecule has 29 heavy (non-hydrogen) atoms. The van der Waals surface area contributed by atoms with Crippen molar-refractivity contribution in [3.05, 3.63) is 42.5 Å². The van der Waals surface area contributed by atoms with E-state index in [2.05, 4.69) is 20.3 Å². The molecule has 1 aliphatic rings. The maximum absolute atomic E-state index is 13.0. The molecule has 0 spiro atoms. The lowest BCUT2D eigenvalue weighted by molar-refractivity contribution is -0.120. The maximum Gasteiger partial charge on any atom is 0.245 e. The van der Waals surface area contributed by atoms with Crippen LogP contribution in [0.1, 0.15) is 12.8 Å². The molecule has 1 saturated heterocycles. The minimum absolute atomic E-state index is 0.0653. The number of methoxy groups -OCH3 is 1. The number of hydrogen-bond donors (Lipinski definition) is 1. The quantitative estimate of drug-likeness (QED) is 0.678. The molecule has 0 radical (unpaired) electrons. The number of carbonyl (C=O) groups excluding carboxylic acids is 1. The van der Waals surface area contributed by atoms with Gasteiger partial charge in [-0.3, -0.25) is 4.79 Å². The van der Waals surface area contributed by atoms with Crippen LogP contribution < -0.4 is 10.1 Å². The molecule has 9 nitrogen and oxygen atoms in total. The molecule has 0 aliphatic carbocycles. The molecule has 4 rings (SSSR count). The van der Waals surface area contributed by atoms with Gasteiger partial charge in [-0.05, 0) is 47.4 Å². The van der Waals surface area contributed by atoms with Crippen molar-refractivity contribution in [2.24, 2.45) is 5.92 Å². The number of benzene rings is 2. The summed E-state index contributed by atoms with van der Waals surface area (Å²) in [5.74, 6) is 0.260. The largest absolute Gasteiger partial charge is 0.497 e. The Hall–Kier alpha value is -2.98. The molecule has 2 heterocycles. The molecule has 1 N–H and O–H groups in total. The lowest BCUT2D eigenvalue weighted by atomic mass is 9.97. The maximum atomic E-state index is 13.0. The Morgan fingerprint density at radius 3 is 2.69 bits per heavy atom. The second-order valence-electron chi connectivity index (χ2n) is 6.79. The molecule has 152 valence electrons. The van der Waals surface area contributed by atoms with Gasteiger partial charge in [0, 0.05) is 30.8 Å². The van der Waals surface area contributed by atoms with Crippen LogP contribution >= 0.6 is 0 Å². The van der Waals surface area contributed by atoms with E-state index in [1.165, 1.54) is 10.4 Å². The summed E-state index contributed by atoms with van der Waals surface area (Å²) in [4.78, 5) is 12.6. The summed E-state index contributed by atoms with van der Waals surface area (Å²) < 4.78 is 37.3. The molecule has 1 fully saturated rings. The van der Waals surface area contributed by atoms with E-state index in [4.69, 9.17) is 4.74 Å². The van der Waals surface area contributed by atoms with E-state index < -0.39 is 10.0 Å². The van der Waals surface area contributed by atoms with Gasteiger partial charge in [0.25, 0.3) is 0 Å². The average molecular weight is 416 g/mol. The fourth-order valence-corrected chi connectivity index (χ4v) is 5.04. The molecule has 1 amide bonds. The second kappa shape index (κ2) is 7.80. The normalized spacial score (nSPS) is 16.0. The van der Waals surface area contributed by atoms with Crippen molar-refractivity contribution in [1.82, 2.24) is 14.6 Å². The van der Waals surface area contributed by atoms with Gasteiger partial charge in [-0.1, -0.05) is 12.1 Å². The predicted octanol–water partition coefficient (Wildman–Crippen LogP) is 2.27. The summed E-state index contributed by atoms with van der Waals surface area (Å²) in [6.45, 7) is 0.500. The minimum atomic E-state index is -3.75. The first-order valence-electron chi connectivity index (χ1n) is 9.15. The number of carbonyl (C=O) groups is 1. The summed E-state index contributed by atoms with van der Waals surface area (Å²) in [7, 11) is -2.19. The number of ether oxygens (including phenoxy) is 1. The minimum Gasteiger partial charge on any atom is -0.497 e. The molecule has 0 saturated carbocycles.